The molecular formula is C12H15ClN2O3. The Hall–Kier alpha value is -1.75. The van der Waals surface area contributed by atoms with Gasteiger partial charge in [-0.3, -0.25) is 4.79 Å². The van der Waals surface area contributed by atoms with Crippen LogP contribution in [0.4, 0.5) is 4.79 Å². The van der Waals surface area contributed by atoms with Crippen LogP contribution in [0.5, 0.6) is 0 Å². The third-order valence-electron chi connectivity index (χ3n) is 2.02. The van der Waals surface area contributed by atoms with E-state index < -0.39 is 6.09 Å². The molecule has 1 rings (SSSR count). The fraction of sp³-hybridized carbons (Fsp3) is 0.333. The number of alkyl halides is 1. The van der Waals surface area contributed by atoms with Crippen molar-refractivity contribution in [3.63, 3.8) is 0 Å². The first-order valence-corrected chi connectivity index (χ1v) is 6.03. The Morgan fingerprint density at radius 3 is 2.56 bits per heavy atom. The van der Waals surface area contributed by atoms with E-state index in [9.17, 15) is 9.59 Å². The van der Waals surface area contributed by atoms with Gasteiger partial charge in [-0.15, -0.1) is 11.6 Å². The molecule has 0 saturated carbocycles. The predicted molar refractivity (Wildman–Crippen MR) is 68.4 cm³/mol. The van der Waals surface area contributed by atoms with E-state index in [2.05, 4.69) is 10.6 Å². The molecule has 2 amide bonds. The molecule has 0 atom stereocenters. The number of nitrogens with one attached hydrogen (secondary N) is 2. The standard InChI is InChI=1S/C12H15ClN2O3/c13-6-7-14-11(16)8-15-12(17)18-9-10-4-2-1-3-5-10/h1-5H,6-9H2,(H,14,16)(H,15,17). The smallest absolute Gasteiger partial charge is 0.407 e. The maximum atomic E-state index is 11.3. The molecular weight excluding hydrogens is 256 g/mol. The molecule has 0 fully saturated rings. The maximum Gasteiger partial charge on any atom is 0.407 e. The van der Waals surface area contributed by atoms with Crippen molar-refractivity contribution in [2.24, 2.45) is 0 Å². The Bertz CT molecular complexity index is 384. The number of amides is 2. The molecule has 0 aromatic heterocycles. The lowest BCUT2D eigenvalue weighted by molar-refractivity contribution is -0.120. The number of alkyl carbamates (subject to hydrolysis) is 1. The van der Waals surface area contributed by atoms with Gasteiger partial charge in [0.15, 0.2) is 0 Å². The molecule has 18 heavy (non-hydrogen) atoms. The lowest BCUT2D eigenvalue weighted by Gasteiger charge is -2.07. The zero-order valence-electron chi connectivity index (χ0n) is 9.82. The highest BCUT2D eigenvalue weighted by atomic mass is 35.5. The summed E-state index contributed by atoms with van der Waals surface area (Å²) in [5.41, 5.74) is 0.888. The normalized spacial score (nSPS) is 9.61. The van der Waals surface area contributed by atoms with Crippen LogP contribution in [0.1, 0.15) is 5.56 Å². The first-order chi connectivity index (χ1) is 8.72. The lowest BCUT2D eigenvalue weighted by atomic mass is 10.2. The van der Waals surface area contributed by atoms with Crippen LogP contribution >= 0.6 is 11.6 Å². The number of halogens is 1. The molecule has 0 spiro atoms. The quantitative estimate of drug-likeness (QED) is 0.765. The highest BCUT2D eigenvalue weighted by Gasteiger charge is 2.05. The summed E-state index contributed by atoms with van der Waals surface area (Å²) in [6.45, 7) is 0.432. The van der Waals surface area contributed by atoms with Crippen LogP contribution < -0.4 is 10.6 Å². The predicted octanol–water partition coefficient (Wildman–Crippen LogP) is 1.27. The average molecular weight is 271 g/mol. The van der Waals surface area contributed by atoms with Gasteiger partial charge in [0.2, 0.25) is 5.91 Å². The zero-order valence-corrected chi connectivity index (χ0v) is 10.6. The summed E-state index contributed by atoms with van der Waals surface area (Å²) in [5, 5.41) is 4.87. The summed E-state index contributed by atoms with van der Waals surface area (Å²) in [4.78, 5) is 22.4. The van der Waals surface area contributed by atoms with Crippen molar-refractivity contribution in [3.8, 4) is 0 Å². The van der Waals surface area contributed by atoms with Crippen molar-refractivity contribution < 1.29 is 14.3 Å². The fourth-order valence-electron chi connectivity index (χ4n) is 1.18. The Morgan fingerprint density at radius 2 is 1.89 bits per heavy atom. The molecule has 0 heterocycles. The van der Waals surface area contributed by atoms with Gasteiger partial charge >= 0.3 is 6.09 Å². The van der Waals surface area contributed by atoms with Crippen molar-refractivity contribution in [1.29, 1.82) is 0 Å². The van der Waals surface area contributed by atoms with Crippen molar-refractivity contribution in [3.05, 3.63) is 35.9 Å². The molecule has 98 valence electrons. The van der Waals surface area contributed by atoms with Crippen molar-refractivity contribution >= 4 is 23.6 Å². The van der Waals surface area contributed by atoms with Crippen LogP contribution in [0.2, 0.25) is 0 Å². The van der Waals surface area contributed by atoms with Gasteiger partial charge in [0.25, 0.3) is 0 Å². The van der Waals surface area contributed by atoms with Crippen molar-refractivity contribution in [1.82, 2.24) is 10.6 Å². The number of rotatable bonds is 6. The van der Waals surface area contributed by atoms with E-state index >= 15 is 0 Å². The minimum absolute atomic E-state index is 0.121. The Balaban J connectivity index is 2.16. The summed E-state index contributed by atoms with van der Waals surface area (Å²) in [7, 11) is 0. The molecule has 0 radical (unpaired) electrons. The van der Waals surface area contributed by atoms with Crippen LogP contribution in [0.15, 0.2) is 30.3 Å². The number of hydrogen-bond donors (Lipinski definition) is 2. The molecule has 1 aromatic rings. The summed E-state index contributed by atoms with van der Waals surface area (Å²) in [5.74, 6) is 0.0387. The second-order valence-corrected chi connectivity index (χ2v) is 3.83. The molecule has 0 saturated heterocycles. The van der Waals surface area contributed by atoms with E-state index in [1.165, 1.54) is 0 Å². The third kappa shape index (κ3) is 6.10. The molecule has 2 N–H and O–H groups in total. The van der Waals surface area contributed by atoms with E-state index in [0.29, 0.717) is 12.4 Å². The fourth-order valence-corrected chi connectivity index (χ4v) is 1.27. The Kier molecular flexibility index (Phi) is 6.64. The second kappa shape index (κ2) is 8.36. The topological polar surface area (TPSA) is 67.4 Å². The SMILES string of the molecule is O=C(CNC(=O)OCc1ccccc1)NCCCl. The molecule has 0 aliphatic carbocycles. The van der Waals surface area contributed by atoms with E-state index in [0.717, 1.165) is 5.56 Å². The number of hydrogen-bond acceptors (Lipinski definition) is 3. The van der Waals surface area contributed by atoms with Gasteiger partial charge in [-0.05, 0) is 5.56 Å². The van der Waals surface area contributed by atoms with Gasteiger partial charge in [-0.2, -0.15) is 0 Å². The highest BCUT2D eigenvalue weighted by Crippen LogP contribution is 2.00. The molecule has 1 aromatic carbocycles. The minimum atomic E-state index is -0.625. The minimum Gasteiger partial charge on any atom is -0.445 e. The van der Waals surface area contributed by atoms with E-state index in [4.69, 9.17) is 16.3 Å². The van der Waals surface area contributed by atoms with Gasteiger partial charge in [0, 0.05) is 12.4 Å². The van der Waals surface area contributed by atoms with Crippen LogP contribution in [-0.2, 0) is 16.1 Å². The monoisotopic (exact) mass is 270 g/mol. The van der Waals surface area contributed by atoms with E-state index in [1.54, 1.807) is 0 Å². The molecule has 0 aliphatic rings. The maximum absolute atomic E-state index is 11.3. The van der Waals surface area contributed by atoms with Crippen LogP contribution in [0.25, 0.3) is 0 Å². The van der Waals surface area contributed by atoms with E-state index in [-0.39, 0.29) is 19.1 Å². The molecule has 6 heteroatoms. The lowest BCUT2D eigenvalue weighted by Crippen LogP contribution is -2.37. The summed E-state index contributed by atoms with van der Waals surface area (Å²) in [6, 6.07) is 9.29. The largest absolute Gasteiger partial charge is 0.445 e. The number of carbonyl (C=O) groups is 2. The van der Waals surface area contributed by atoms with Gasteiger partial charge in [-0.1, -0.05) is 30.3 Å². The third-order valence-corrected chi connectivity index (χ3v) is 2.21. The molecule has 5 nitrogen and oxygen atoms in total. The van der Waals surface area contributed by atoms with Gasteiger partial charge in [0.1, 0.15) is 6.61 Å². The van der Waals surface area contributed by atoms with Crippen molar-refractivity contribution in [2.45, 2.75) is 6.61 Å². The van der Waals surface area contributed by atoms with Gasteiger partial charge < -0.3 is 15.4 Å². The molecule has 0 unspecified atom stereocenters. The first kappa shape index (κ1) is 14.3. The Labute approximate surface area is 110 Å². The van der Waals surface area contributed by atoms with E-state index in [1.807, 2.05) is 30.3 Å². The summed E-state index contributed by atoms with van der Waals surface area (Å²) in [6.07, 6.45) is -0.625. The van der Waals surface area contributed by atoms with Gasteiger partial charge in [0.05, 0.1) is 6.54 Å². The number of carbonyl (C=O) groups excluding carboxylic acids is 2. The summed E-state index contributed by atoms with van der Waals surface area (Å²) < 4.78 is 4.93. The van der Waals surface area contributed by atoms with Gasteiger partial charge in [-0.25, -0.2) is 4.79 Å². The zero-order chi connectivity index (χ0) is 13.2. The second-order valence-electron chi connectivity index (χ2n) is 3.45. The Morgan fingerprint density at radius 1 is 1.17 bits per heavy atom. The molecule has 0 aliphatic heterocycles. The number of ether oxygens (including phenoxy) is 1. The highest BCUT2D eigenvalue weighted by molar-refractivity contribution is 6.18. The van der Waals surface area contributed by atoms with Crippen LogP contribution in [0.3, 0.4) is 0 Å². The first-order valence-electron chi connectivity index (χ1n) is 5.49. The summed E-state index contributed by atoms with van der Waals surface area (Å²) >= 11 is 5.40. The molecule has 0 bridgehead atoms. The van der Waals surface area contributed by atoms with Crippen LogP contribution in [0, 0.1) is 0 Å². The van der Waals surface area contributed by atoms with Crippen LogP contribution in [-0.4, -0.2) is 31.0 Å². The van der Waals surface area contributed by atoms with Crippen molar-refractivity contribution in [2.75, 3.05) is 19.0 Å². The number of benzene rings is 1. The average Bonchev–Trinajstić information content (AvgIpc) is 2.41.